The van der Waals surface area contributed by atoms with Crippen molar-refractivity contribution in [1.29, 1.82) is 0 Å². The Kier molecular flexibility index (Phi) is 3.94. The van der Waals surface area contributed by atoms with Gasteiger partial charge in [-0.15, -0.1) is 0 Å². The molecule has 0 spiro atoms. The number of hydrogen-bond donors (Lipinski definition) is 1. The molecule has 0 aromatic heterocycles. The molecule has 0 heterocycles. The molecule has 0 saturated carbocycles. The number of nitrogens with one attached hydrogen (secondary N) is 1. The lowest BCUT2D eigenvalue weighted by molar-refractivity contribution is 1.34. The molecule has 0 aliphatic heterocycles. The molecule has 2 aromatic rings. The fourth-order valence-corrected chi connectivity index (χ4v) is 1.62. The molecule has 0 fully saturated rings. The predicted molar refractivity (Wildman–Crippen MR) is 76.5 cm³/mol. The van der Waals surface area contributed by atoms with E-state index in [2.05, 4.69) is 45.5 Å². The van der Waals surface area contributed by atoms with E-state index in [-0.39, 0.29) is 0 Å². The normalized spacial score (nSPS) is 10.7. The number of halogens is 1. The summed E-state index contributed by atoms with van der Waals surface area (Å²) in [5, 5.41) is 4.18. The van der Waals surface area contributed by atoms with Gasteiger partial charge < -0.3 is 0 Å². The van der Waals surface area contributed by atoms with Gasteiger partial charge in [0.25, 0.3) is 0 Å². The van der Waals surface area contributed by atoms with Gasteiger partial charge in [-0.2, -0.15) is 5.10 Å². The van der Waals surface area contributed by atoms with Crippen LogP contribution in [-0.2, 0) is 0 Å². The van der Waals surface area contributed by atoms with Crippen LogP contribution >= 0.6 is 15.9 Å². The third kappa shape index (κ3) is 3.71. The summed E-state index contributed by atoms with van der Waals surface area (Å²) in [6.45, 7) is 2.06. The van der Waals surface area contributed by atoms with Gasteiger partial charge in [0.1, 0.15) is 0 Å². The summed E-state index contributed by atoms with van der Waals surface area (Å²) < 4.78 is 1.07. The Morgan fingerprint density at radius 2 is 1.65 bits per heavy atom. The van der Waals surface area contributed by atoms with Gasteiger partial charge in [-0.25, -0.2) is 0 Å². The molecule has 0 aliphatic carbocycles. The lowest BCUT2D eigenvalue weighted by Crippen LogP contribution is -1.90. The van der Waals surface area contributed by atoms with Crippen LogP contribution in [0.4, 0.5) is 5.69 Å². The van der Waals surface area contributed by atoms with E-state index in [4.69, 9.17) is 0 Å². The number of benzene rings is 2. The number of hydrazone groups is 1. The molecule has 0 radical (unpaired) electrons. The zero-order valence-electron chi connectivity index (χ0n) is 9.52. The maximum atomic E-state index is 4.18. The Bertz CT molecular complexity index is 501. The van der Waals surface area contributed by atoms with E-state index in [0.29, 0.717) is 0 Å². The van der Waals surface area contributed by atoms with Crippen molar-refractivity contribution in [2.24, 2.45) is 5.10 Å². The minimum atomic E-state index is 0.990. The van der Waals surface area contributed by atoms with Gasteiger partial charge in [-0.3, -0.25) is 5.43 Å². The van der Waals surface area contributed by atoms with Crippen molar-refractivity contribution in [3.63, 3.8) is 0 Å². The molecule has 0 aliphatic rings. The molecule has 2 aromatic carbocycles. The summed E-state index contributed by atoms with van der Waals surface area (Å²) in [6.07, 6.45) is 1.80. The Balaban J connectivity index is 1.97. The van der Waals surface area contributed by atoms with Gasteiger partial charge in [0.05, 0.1) is 11.9 Å². The second-order valence-electron chi connectivity index (χ2n) is 3.79. The maximum Gasteiger partial charge on any atom is 0.0561 e. The lowest BCUT2D eigenvalue weighted by Gasteiger charge is -2.00. The van der Waals surface area contributed by atoms with Crippen molar-refractivity contribution < 1.29 is 0 Å². The summed E-state index contributed by atoms with van der Waals surface area (Å²) >= 11 is 3.40. The van der Waals surface area contributed by atoms with Gasteiger partial charge in [-0.1, -0.05) is 45.8 Å². The van der Waals surface area contributed by atoms with E-state index in [9.17, 15) is 0 Å². The average Bonchev–Trinajstić information content (AvgIpc) is 2.34. The van der Waals surface area contributed by atoms with Crippen LogP contribution in [0.1, 0.15) is 11.1 Å². The van der Waals surface area contributed by atoms with Crippen LogP contribution in [0.5, 0.6) is 0 Å². The molecule has 0 unspecified atom stereocenters. The van der Waals surface area contributed by atoms with Gasteiger partial charge in [0.2, 0.25) is 0 Å². The van der Waals surface area contributed by atoms with Crippen molar-refractivity contribution in [3.05, 3.63) is 64.1 Å². The quantitative estimate of drug-likeness (QED) is 0.664. The zero-order chi connectivity index (χ0) is 12.1. The van der Waals surface area contributed by atoms with Crippen LogP contribution in [0.3, 0.4) is 0 Å². The summed E-state index contributed by atoms with van der Waals surface area (Å²) in [5.74, 6) is 0. The highest BCUT2D eigenvalue weighted by molar-refractivity contribution is 9.10. The Morgan fingerprint density at radius 1 is 1.00 bits per heavy atom. The van der Waals surface area contributed by atoms with Crippen LogP contribution < -0.4 is 5.43 Å². The van der Waals surface area contributed by atoms with E-state index in [1.54, 1.807) is 6.21 Å². The van der Waals surface area contributed by atoms with Crippen molar-refractivity contribution in [3.8, 4) is 0 Å². The SMILES string of the molecule is Cc1ccc(N/N=C\c2ccc(Br)cc2)cc1. The first kappa shape index (κ1) is 11.9. The van der Waals surface area contributed by atoms with E-state index < -0.39 is 0 Å². The first-order valence-electron chi connectivity index (χ1n) is 5.35. The van der Waals surface area contributed by atoms with E-state index in [1.807, 2.05) is 36.4 Å². The van der Waals surface area contributed by atoms with Gasteiger partial charge >= 0.3 is 0 Å². The topological polar surface area (TPSA) is 24.4 Å². The Morgan fingerprint density at radius 3 is 2.29 bits per heavy atom. The molecule has 0 amide bonds. The minimum Gasteiger partial charge on any atom is -0.279 e. The fourth-order valence-electron chi connectivity index (χ4n) is 1.36. The summed E-state index contributed by atoms with van der Waals surface area (Å²) in [4.78, 5) is 0. The lowest BCUT2D eigenvalue weighted by atomic mass is 10.2. The second-order valence-corrected chi connectivity index (χ2v) is 4.70. The summed E-state index contributed by atoms with van der Waals surface area (Å²) in [6, 6.07) is 16.1. The molecule has 2 rings (SSSR count). The molecule has 2 nitrogen and oxygen atoms in total. The first-order valence-corrected chi connectivity index (χ1v) is 6.15. The van der Waals surface area contributed by atoms with E-state index in [0.717, 1.165) is 15.7 Å². The number of aryl methyl sites for hydroxylation is 1. The van der Waals surface area contributed by atoms with Gasteiger partial charge in [0, 0.05) is 4.47 Å². The molecule has 1 N–H and O–H groups in total. The number of anilines is 1. The van der Waals surface area contributed by atoms with Crippen LogP contribution in [0, 0.1) is 6.92 Å². The largest absolute Gasteiger partial charge is 0.279 e. The average molecular weight is 289 g/mol. The molecule has 0 bridgehead atoms. The highest BCUT2D eigenvalue weighted by Gasteiger charge is 1.89. The van der Waals surface area contributed by atoms with Crippen LogP contribution in [0.15, 0.2) is 58.1 Å². The number of hydrogen-bond acceptors (Lipinski definition) is 2. The fraction of sp³-hybridized carbons (Fsp3) is 0.0714. The molecular weight excluding hydrogens is 276 g/mol. The van der Waals surface area contributed by atoms with Crippen molar-refractivity contribution >= 4 is 27.8 Å². The molecule has 0 saturated heterocycles. The number of rotatable bonds is 3. The van der Waals surface area contributed by atoms with E-state index >= 15 is 0 Å². The third-order valence-corrected chi connectivity index (χ3v) is 2.86. The van der Waals surface area contributed by atoms with Gasteiger partial charge in [-0.05, 0) is 36.8 Å². The van der Waals surface area contributed by atoms with Crippen molar-refractivity contribution in [2.45, 2.75) is 6.92 Å². The third-order valence-electron chi connectivity index (χ3n) is 2.33. The summed E-state index contributed by atoms with van der Waals surface area (Å²) in [5.41, 5.74) is 6.29. The second kappa shape index (κ2) is 5.64. The first-order chi connectivity index (χ1) is 8.24. The highest BCUT2D eigenvalue weighted by Crippen LogP contribution is 2.10. The maximum absolute atomic E-state index is 4.18. The van der Waals surface area contributed by atoms with Crippen LogP contribution in [-0.4, -0.2) is 6.21 Å². The van der Waals surface area contributed by atoms with Crippen molar-refractivity contribution in [1.82, 2.24) is 0 Å². The molecule has 17 heavy (non-hydrogen) atoms. The van der Waals surface area contributed by atoms with Crippen LogP contribution in [0.2, 0.25) is 0 Å². The molecular formula is C14H13BrN2. The molecule has 3 heteroatoms. The molecule has 0 atom stereocenters. The monoisotopic (exact) mass is 288 g/mol. The predicted octanol–water partition coefficient (Wildman–Crippen LogP) is 4.20. The standard InChI is InChI=1S/C14H13BrN2/c1-11-2-8-14(9-3-11)17-16-10-12-4-6-13(15)7-5-12/h2-10,17H,1H3/b16-10-. The highest BCUT2D eigenvalue weighted by atomic mass is 79.9. The minimum absolute atomic E-state index is 0.990. The van der Waals surface area contributed by atoms with Crippen LogP contribution in [0.25, 0.3) is 0 Å². The van der Waals surface area contributed by atoms with Gasteiger partial charge in [0.15, 0.2) is 0 Å². The van der Waals surface area contributed by atoms with E-state index in [1.165, 1.54) is 5.56 Å². The molecule has 86 valence electrons. The van der Waals surface area contributed by atoms with Crippen molar-refractivity contribution in [2.75, 3.05) is 5.43 Å². The Hall–Kier alpha value is -1.61. The zero-order valence-corrected chi connectivity index (χ0v) is 11.1. The number of nitrogens with zero attached hydrogens (tertiary/aromatic N) is 1. The Labute approximate surface area is 110 Å². The smallest absolute Gasteiger partial charge is 0.0561 e. The summed E-state index contributed by atoms with van der Waals surface area (Å²) in [7, 11) is 0.